The molecule has 1 saturated carbocycles. The van der Waals surface area contributed by atoms with Crippen molar-refractivity contribution >= 4 is 5.95 Å². The summed E-state index contributed by atoms with van der Waals surface area (Å²) in [4.78, 5) is 16.8. The molecule has 1 aliphatic heterocycles. The topological polar surface area (TPSA) is 65.0 Å². The molecular formula is C33H59N5O2. The molecule has 1 aliphatic carbocycles. The summed E-state index contributed by atoms with van der Waals surface area (Å²) in [5.74, 6) is 1.69. The highest BCUT2D eigenvalue weighted by molar-refractivity contribution is 5.34. The van der Waals surface area contributed by atoms with Crippen LogP contribution in [-0.2, 0) is 11.2 Å². The molecule has 3 rings (SSSR count). The third kappa shape index (κ3) is 9.85. The minimum atomic E-state index is -0.969. The number of anilines is 1. The Morgan fingerprint density at radius 2 is 1.85 bits per heavy atom. The highest BCUT2D eigenvalue weighted by Crippen LogP contribution is 2.27. The molecule has 2 atom stereocenters. The van der Waals surface area contributed by atoms with Crippen molar-refractivity contribution in [3.8, 4) is 0 Å². The second-order valence-corrected chi connectivity index (χ2v) is 11.2. The van der Waals surface area contributed by atoms with Crippen molar-refractivity contribution in [2.75, 3.05) is 50.8 Å². The summed E-state index contributed by atoms with van der Waals surface area (Å²) < 4.78 is 5.86. The van der Waals surface area contributed by atoms with Crippen molar-refractivity contribution in [3.05, 3.63) is 41.4 Å². The van der Waals surface area contributed by atoms with Gasteiger partial charge in [0.2, 0.25) is 5.95 Å². The molecule has 40 heavy (non-hydrogen) atoms. The van der Waals surface area contributed by atoms with Gasteiger partial charge in [-0.15, -0.1) is 0 Å². The first-order valence-corrected chi connectivity index (χ1v) is 16.1. The van der Waals surface area contributed by atoms with Gasteiger partial charge in [0.1, 0.15) is 11.5 Å². The Morgan fingerprint density at radius 1 is 1.15 bits per heavy atom. The maximum atomic E-state index is 11.6. The Hall–Kier alpha value is -1.96. The van der Waals surface area contributed by atoms with Crippen LogP contribution in [0.5, 0.6) is 0 Å². The number of rotatable bonds is 15. The third-order valence-electron chi connectivity index (χ3n) is 8.33. The SMILES string of the molecule is CC.CC/C=C(\C=C/C(C)C(C)(O)N(CCC)CCc1cnc(N2CCN(C3CCC3)CC2)nc1C)OCCC. The predicted molar refractivity (Wildman–Crippen MR) is 169 cm³/mol. The molecule has 0 aromatic carbocycles. The first-order chi connectivity index (χ1) is 19.3. The van der Waals surface area contributed by atoms with Crippen molar-refractivity contribution in [2.45, 2.75) is 112 Å². The molecule has 228 valence electrons. The average molecular weight is 558 g/mol. The van der Waals surface area contributed by atoms with Gasteiger partial charge in [-0.2, -0.15) is 0 Å². The second-order valence-electron chi connectivity index (χ2n) is 11.2. The fraction of sp³-hybridized carbons (Fsp3) is 0.758. The Bertz CT molecular complexity index is 904. The normalized spacial score (nSPS) is 19.2. The molecule has 1 N–H and O–H groups in total. The van der Waals surface area contributed by atoms with E-state index in [2.05, 4.69) is 61.5 Å². The number of hydrogen-bond acceptors (Lipinski definition) is 7. The molecule has 1 aromatic rings. The lowest BCUT2D eigenvalue weighted by molar-refractivity contribution is -0.119. The number of allylic oxidation sites excluding steroid dienone is 2. The first-order valence-electron chi connectivity index (χ1n) is 16.1. The number of aryl methyl sites for hydroxylation is 1. The molecule has 0 spiro atoms. The van der Waals surface area contributed by atoms with Crippen LogP contribution in [0.3, 0.4) is 0 Å². The van der Waals surface area contributed by atoms with E-state index in [4.69, 9.17) is 14.7 Å². The fourth-order valence-corrected chi connectivity index (χ4v) is 5.31. The summed E-state index contributed by atoms with van der Waals surface area (Å²) in [6, 6.07) is 0.813. The van der Waals surface area contributed by atoms with Gasteiger partial charge in [-0.05, 0) is 70.1 Å². The molecular weight excluding hydrogens is 498 g/mol. The molecule has 7 nitrogen and oxygen atoms in total. The van der Waals surface area contributed by atoms with Crippen LogP contribution in [0.1, 0.15) is 98.2 Å². The highest BCUT2D eigenvalue weighted by atomic mass is 16.5. The van der Waals surface area contributed by atoms with Gasteiger partial charge in [0.05, 0.1) is 6.61 Å². The molecule has 7 heteroatoms. The zero-order chi connectivity index (χ0) is 29.5. The van der Waals surface area contributed by atoms with E-state index in [0.717, 1.165) is 94.0 Å². The summed E-state index contributed by atoms with van der Waals surface area (Å²) in [6.45, 7) is 23.0. The minimum Gasteiger partial charge on any atom is -0.494 e. The van der Waals surface area contributed by atoms with Gasteiger partial charge in [-0.3, -0.25) is 9.80 Å². The molecule has 0 amide bonds. The Morgan fingerprint density at radius 3 is 2.40 bits per heavy atom. The van der Waals surface area contributed by atoms with Crippen LogP contribution < -0.4 is 4.90 Å². The zero-order valence-electron chi connectivity index (χ0n) is 27.0. The third-order valence-corrected chi connectivity index (χ3v) is 8.33. The van der Waals surface area contributed by atoms with Gasteiger partial charge in [0.15, 0.2) is 0 Å². The van der Waals surface area contributed by atoms with E-state index in [9.17, 15) is 5.11 Å². The number of aliphatic hydroxyl groups is 1. The quantitative estimate of drug-likeness (QED) is 0.153. The van der Waals surface area contributed by atoms with Crippen molar-refractivity contribution in [1.82, 2.24) is 19.8 Å². The lowest BCUT2D eigenvalue weighted by Crippen LogP contribution is -2.52. The monoisotopic (exact) mass is 557 g/mol. The van der Waals surface area contributed by atoms with Crippen LogP contribution in [0.2, 0.25) is 0 Å². The number of piperazine rings is 1. The largest absolute Gasteiger partial charge is 0.494 e. The molecule has 0 radical (unpaired) electrons. The van der Waals surface area contributed by atoms with Crippen molar-refractivity contribution in [1.29, 1.82) is 0 Å². The summed E-state index contributed by atoms with van der Waals surface area (Å²) in [6.07, 6.45) is 16.0. The Labute approximate surface area is 245 Å². The van der Waals surface area contributed by atoms with Crippen LogP contribution in [0.25, 0.3) is 0 Å². The van der Waals surface area contributed by atoms with Crippen molar-refractivity contribution in [3.63, 3.8) is 0 Å². The van der Waals surface area contributed by atoms with E-state index in [-0.39, 0.29) is 5.92 Å². The van der Waals surface area contributed by atoms with E-state index in [1.165, 1.54) is 19.3 Å². The number of aromatic nitrogens is 2. The highest BCUT2D eigenvalue weighted by Gasteiger charge is 2.33. The zero-order valence-corrected chi connectivity index (χ0v) is 27.0. The summed E-state index contributed by atoms with van der Waals surface area (Å²) in [7, 11) is 0. The van der Waals surface area contributed by atoms with Gasteiger partial charge >= 0.3 is 0 Å². The standard InChI is InChI=1S/C31H53N5O2.C2H6/c1-7-11-29(38-23-9-3)15-14-25(4)31(6,37)36(17-8-2)18-16-27-24-32-30(33-26(27)5)35-21-19-34(20-22-35)28-12-10-13-28;1-2/h11,14-15,24-25,28,37H,7-10,12-13,16-23H2,1-6H3;1-2H3/b15-14-,29-11+;. The summed E-state index contributed by atoms with van der Waals surface area (Å²) in [5, 5.41) is 11.6. The summed E-state index contributed by atoms with van der Waals surface area (Å²) in [5.41, 5.74) is 1.23. The number of hydrogen-bond donors (Lipinski definition) is 1. The molecule has 2 aliphatic rings. The first kappa shape index (κ1) is 34.2. The van der Waals surface area contributed by atoms with Gasteiger partial charge in [0.25, 0.3) is 0 Å². The van der Waals surface area contributed by atoms with Crippen LogP contribution in [0.15, 0.2) is 30.2 Å². The van der Waals surface area contributed by atoms with Gasteiger partial charge in [0, 0.05) is 63.1 Å². The van der Waals surface area contributed by atoms with Crippen molar-refractivity contribution in [2.24, 2.45) is 5.92 Å². The van der Waals surface area contributed by atoms with E-state index >= 15 is 0 Å². The fourth-order valence-electron chi connectivity index (χ4n) is 5.31. The van der Waals surface area contributed by atoms with Crippen LogP contribution >= 0.6 is 0 Å². The molecule has 1 saturated heterocycles. The van der Waals surface area contributed by atoms with Crippen LogP contribution in [0.4, 0.5) is 5.95 Å². The van der Waals surface area contributed by atoms with Crippen molar-refractivity contribution < 1.29 is 9.84 Å². The molecule has 2 fully saturated rings. The molecule has 2 heterocycles. The van der Waals surface area contributed by atoms with E-state index in [0.29, 0.717) is 6.61 Å². The van der Waals surface area contributed by atoms with Crippen LogP contribution in [-0.4, -0.2) is 82.5 Å². The Kier molecular flexibility index (Phi) is 15.2. The van der Waals surface area contributed by atoms with E-state index in [1.54, 1.807) is 0 Å². The molecule has 0 bridgehead atoms. The average Bonchev–Trinajstić information content (AvgIpc) is 2.93. The molecule has 1 aromatic heterocycles. The second kappa shape index (κ2) is 17.8. The van der Waals surface area contributed by atoms with E-state index < -0.39 is 5.72 Å². The predicted octanol–water partition coefficient (Wildman–Crippen LogP) is 6.36. The summed E-state index contributed by atoms with van der Waals surface area (Å²) >= 11 is 0. The maximum Gasteiger partial charge on any atom is 0.225 e. The lowest BCUT2D eigenvalue weighted by atomic mass is 9.91. The maximum absolute atomic E-state index is 11.6. The number of nitrogens with zero attached hydrogens (tertiary/aromatic N) is 5. The van der Waals surface area contributed by atoms with Gasteiger partial charge in [-0.25, -0.2) is 9.97 Å². The van der Waals surface area contributed by atoms with Gasteiger partial charge < -0.3 is 14.7 Å². The lowest BCUT2D eigenvalue weighted by Gasteiger charge is -2.43. The van der Waals surface area contributed by atoms with Gasteiger partial charge in [-0.1, -0.05) is 54.0 Å². The Balaban J connectivity index is 0.00000274. The molecule has 2 unspecified atom stereocenters. The number of ether oxygens (including phenoxy) is 1. The van der Waals surface area contributed by atoms with Crippen LogP contribution in [0, 0.1) is 12.8 Å². The smallest absolute Gasteiger partial charge is 0.225 e. The minimum absolute atomic E-state index is 0.0575. The van der Waals surface area contributed by atoms with E-state index in [1.807, 2.05) is 33.0 Å².